The highest BCUT2D eigenvalue weighted by Gasteiger charge is 2.41. The van der Waals surface area contributed by atoms with Crippen LogP contribution in [0.15, 0.2) is 85.1 Å². The van der Waals surface area contributed by atoms with Gasteiger partial charge in [-0.3, -0.25) is 86.3 Å². The van der Waals surface area contributed by atoms with Gasteiger partial charge in [-0.2, -0.15) is 24.4 Å². The van der Waals surface area contributed by atoms with E-state index in [4.69, 9.17) is 11.5 Å². The number of primary amides is 1. The van der Waals surface area contributed by atoms with Gasteiger partial charge >= 0.3 is 5.97 Å². The van der Waals surface area contributed by atoms with Gasteiger partial charge in [0.05, 0.1) is 25.4 Å². The van der Waals surface area contributed by atoms with E-state index in [9.17, 15) is 102 Å². The van der Waals surface area contributed by atoms with E-state index in [1.165, 1.54) is 43.0 Å². The Morgan fingerprint density at radius 1 is 0.372 bits per heavy atom. The Kier molecular flexibility index (Phi) is 50.1. The van der Waals surface area contributed by atoms with E-state index in [2.05, 4.69) is 103 Å². The molecule has 4 rings (SSSR count). The SMILES string of the molecule is CSCC[C@H](N)C(=O)N[C@@H](CC(C)C)C(=O)N[C@@H](CC(C)C)C(=O)N[C@@H](C)C(=O)N[C@H](C(=O)N[C@@H](CC(C)C)C(=O)N[C@@H](Cc1ccc(O)cc1)C(=O)N[C@@H](CS)C(=O)N[C@@H](CC(C)C)C(=O)N[C@@H](CC(C)C)C(=O)N[C@@H](Cc1c[nH]c2ccccc12)C(=O)N[C@@H](CO)C(=O)N[C@@H](Cc1ccccc1)C(=O)N[C@@H](CCC(N)=O)C(=O)N[C@H](C(=O)N[C@@H](CO)C(=O)N[C@@H](C)C(=O)O)[C@@H](C)O)C(C)C. The Morgan fingerprint density at radius 2 is 0.708 bits per heavy atom. The topological polar surface area (TPSA) is 669 Å². The smallest absolute Gasteiger partial charge is 0.325 e. The second-order valence-electron chi connectivity index (χ2n) is 36.7. The van der Waals surface area contributed by atoms with Crippen LogP contribution in [0.4, 0.5) is 0 Å². The van der Waals surface area contributed by atoms with E-state index in [-0.39, 0.29) is 86.7 Å². The van der Waals surface area contributed by atoms with Gasteiger partial charge in [0, 0.05) is 48.5 Å². The molecule has 137 heavy (non-hydrogen) atoms. The summed E-state index contributed by atoms with van der Waals surface area (Å²) < 4.78 is 0. The first-order chi connectivity index (χ1) is 64.4. The number of para-hydroxylation sites is 1. The molecular formula is C93H143N19O23S2. The molecule has 44 heteroatoms. The number of aliphatic hydroxyl groups excluding tert-OH is 3. The van der Waals surface area contributed by atoms with Crippen LogP contribution < -0.4 is 96.5 Å². The van der Waals surface area contributed by atoms with Crippen molar-refractivity contribution in [3.63, 3.8) is 0 Å². The molecule has 0 unspecified atom stereocenters. The van der Waals surface area contributed by atoms with Gasteiger partial charge in [0.1, 0.15) is 102 Å². The zero-order valence-corrected chi connectivity index (χ0v) is 82.4. The summed E-state index contributed by atoms with van der Waals surface area (Å²) in [5, 5.41) is 92.6. The quantitative estimate of drug-likeness (QED) is 0.0219. The molecule has 0 bridgehead atoms. The van der Waals surface area contributed by atoms with Gasteiger partial charge in [-0.15, -0.1) is 0 Å². The molecule has 0 saturated carbocycles. The van der Waals surface area contributed by atoms with E-state index in [1.54, 1.807) is 116 Å². The number of aromatic nitrogens is 1. The van der Waals surface area contributed by atoms with Crippen LogP contribution in [0.25, 0.3) is 10.9 Å². The Hall–Kier alpha value is -12.0. The predicted molar refractivity (Wildman–Crippen MR) is 515 cm³/mol. The van der Waals surface area contributed by atoms with Crippen molar-refractivity contribution in [2.45, 2.75) is 283 Å². The summed E-state index contributed by atoms with van der Waals surface area (Å²) in [5.41, 5.74) is 13.5. The lowest BCUT2D eigenvalue weighted by atomic mass is 9.98. The van der Waals surface area contributed by atoms with Gasteiger partial charge < -0.3 is 127 Å². The van der Waals surface area contributed by atoms with E-state index in [0.29, 0.717) is 39.8 Å². The number of H-pyrrole nitrogens is 1. The van der Waals surface area contributed by atoms with Gasteiger partial charge in [-0.05, 0) is 148 Å². The third-order valence-electron chi connectivity index (χ3n) is 21.9. The maximum absolute atomic E-state index is 15.1. The van der Waals surface area contributed by atoms with Gasteiger partial charge in [-0.1, -0.05) is 144 Å². The first-order valence-electron chi connectivity index (χ1n) is 45.9. The molecule has 0 saturated heterocycles. The molecule has 26 N–H and O–H groups in total. The molecule has 1 heterocycles. The molecule has 3 aromatic carbocycles. The fourth-order valence-electron chi connectivity index (χ4n) is 14.4. The zero-order valence-electron chi connectivity index (χ0n) is 80.6. The predicted octanol–water partition coefficient (Wildman–Crippen LogP) is -1.69. The number of rotatable bonds is 60. The van der Waals surface area contributed by atoms with Crippen molar-refractivity contribution in [2.75, 3.05) is 31.0 Å². The van der Waals surface area contributed by atoms with Crippen LogP contribution in [0.5, 0.6) is 5.75 Å². The van der Waals surface area contributed by atoms with E-state index in [0.717, 1.165) is 13.8 Å². The summed E-state index contributed by atoms with van der Waals surface area (Å²) in [6.45, 7) is 22.5. The zero-order chi connectivity index (χ0) is 103. The number of aliphatic hydroxyl groups is 3. The molecule has 0 aliphatic carbocycles. The van der Waals surface area contributed by atoms with E-state index < -0.39 is 253 Å². The van der Waals surface area contributed by atoms with Gasteiger partial charge in [-0.25, -0.2) is 0 Å². The number of carbonyl (C=O) groups excluding carboxylic acids is 17. The van der Waals surface area contributed by atoms with Crippen molar-refractivity contribution in [3.8, 4) is 5.75 Å². The summed E-state index contributed by atoms with van der Waals surface area (Å²) in [5.74, 6) is -19.4. The Balaban J connectivity index is 1.63. The Morgan fingerprint density at radius 3 is 1.13 bits per heavy atom. The molecule has 4 aromatic rings. The molecule has 0 aliphatic heterocycles. The van der Waals surface area contributed by atoms with Gasteiger partial charge in [0.2, 0.25) is 100 Å². The fraction of sp³-hybridized carbons (Fsp3) is 0.591. The molecule has 42 nitrogen and oxygen atoms in total. The van der Waals surface area contributed by atoms with Crippen LogP contribution >= 0.6 is 24.4 Å². The maximum Gasteiger partial charge on any atom is 0.325 e. The number of carbonyl (C=O) groups is 18. The number of aliphatic carboxylic acids is 1. The summed E-state index contributed by atoms with van der Waals surface area (Å²) in [6.07, 6.45) is 0.172. The minimum Gasteiger partial charge on any atom is -0.508 e. The number of thioether (sulfide) groups is 1. The number of hydrogen-bond donors (Lipinski definition) is 25. The minimum absolute atomic E-state index is 0.0202. The summed E-state index contributed by atoms with van der Waals surface area (Å²) in [7, 11) is 0. The summed E-state index contributed by atoms with van der Waals surface area (Å²) in [4.78, 5) is 256. The van der Waals surface area contributed by atoms with Crippen molar-refractivity contribution >= 4 is 142 Å². The number of aromatic hydroxyl groups is 1. The van der Waals surface area contributed by atoms with E-state index in [1.807, 2.05) is 34.0 Å². The molecule has 0 radical (unpaired) electrons. The van der Waals surface area contributed by atoms with Crippen LogP contribution in [0.3, 0.4) is 0 Å². The van der Waals surface area contributed by atoms with Crippen molar-refractivity contribution in [2.24, 2.45) is 47.0 Å². The number of aromatic amines is 1. The monoisotopic (exact) mass is 1960 g/mol. The summed E-state index contributed by atoms with van der Waals surface area (Å²) >= 11 is 5.94. The Bertz CT molecular complexity index is 4710. The minimum atomic E-state index is -1.94. The lowest BCUT2D eigenvalue weighted by Gasteiger charge is -2.29. The number of hydrogen-bond acceptors (Lipinski definition) is 25. The molecular weight excluding hydrogens is 1820 g/mol. The molecule has 0 aliphatic rings. The van der Waals surface area contributed by atoms with Crippen molar-refractivity contribution in [3.05, 3.63) is 102 Å². The highest BCUT2D eigenvalue weighted by atomic mass is 32.2. The number of phenolic OH excluding ortho intramolecular Hbond substituents is 1. The number of thiol groups is 1. The molecule has 17 amide bonds. The average Bonchev–Trinajstić information content (AvgIpc) is 1.70. The second kappa shape index (κ2) is 58.5. The number of carboxylic acid groups (broad SMARTS) is 1. The van der Waals surface area contributed by atoms with Crippen LogP contribution in [0.2, 0.25) is 0 Å². The standard InChI is InChI=1S/C93H143N19O23S2/c1-46(2)34-63(101-81(122)64(35-47(3)4)100-78(119)60(94)32-33-137-16)80(121)97-52(13)77(118)111-75(51(11)12)91(132)107-67(38-50(9)10)84(125)104-69(40-56-26-28-58(116)29-27-56)86(127)110-73(45-136)90(131)103-66(37-49(7)8)82(123)102-65(36-48(5)6)83(124)106-70(41-57-42-96-61-25-21-20-24-59(57)61)87(128)108-72(44-114)89(130)105-68(39-55-22-18-17-19-23-55)85(126)99-62(30-31-74(95)117)79(120)112-76(54(15)115)92(133)109-71(43-113)88(129)98-53(14)93(134)135/h17-29,42,46-54,60,62-73,75-76,96,113-116,136H,30-41,43-45,94H2,1-16H3,(H2,95,117)(H,97,121)(H,98,129)(H,99,126)(H,100,119)(H,101,122)(H,102,123)(H,103,131)(H,104,125)(H,105,130)(H,106,124)(H,107,132)(H,108,128)(H,109,133)(H,110,127)(H,111,118)(H,112,120)(H,134,135)/t52-,53-,54+,60-,62-,63-,64-,65-,66-,67-,68-,69-,70-,71-,72-,73-,75-,76-/m0/s1. The number of carboxylic acids is 1. The van der Waals surface area contributed by atoms with Crippen LogP contribution in [0, 0.1) is 35.5 Å². The van der Waals surface area contributed by atoms with Crippen molar-refractivity contribution in [1.82, 2.24) is 90.1 Å². The second-order valence-corrected chi connectivity index (χ2v) is 38.1. The number of amides is 17. The molecule has 0 fully saturated rings. The van der Waals surface area contributed by atoms with Crippen LogP contribution in [-0.4, -0.2) is 277 Å². The highest BCUT2D eigenvalue weighted by Crippen LogP contribution is 2.22. The number of benzene rings is 3. The lowest BCUT2D eigenvalue weighted by molar-refractivity contribution is -0.142. The fourth-order valence-corrected chi connectivity index (χ4v) is 15.1. The third-order valence-corrected chi connectivity index (χ3v) is 22.9. The average molecular weight is 1960 g/mol. The number of phenols is 1. The third kappa shape index (κ3) is 40.7. The van der Waals surface area contributed by atoms with E-state index >= 15 is 9.59 Å². The molecule has 760 valence electrons. The molecule has 18 atom stereocenters. The van der Waals surface area contributed by atoms with Gasteiger partial charge in [0.15, 0.2) is 0 Å². The van der Waals surface area contributed by atoms with Crippen molar-refractivity contribution in [1.29, 1.82) is 0 Å². The van der Waals surface area contributed by atoms with Gasteiger partial charge in [0.25, 0.3) is 0 Å². The first-order valence-corrected chi connectivity index (χ1v) is 47.9. The largest absolute Gasteiger partial charge is 0.508 e. The molecule has 0 spiro atoms. The van der Waals surface area contributed by atoms with Crippen LogP contribution in [-0.2, 0) is 106 Å². The normalized spacial score (nSPS) is 15.4. The first kappa shape index (κ1) is 117. The number of fused-ring (bicyclic) bond motifs is 1. The Labute approximate surface area is 808 Å². The summed E-state index contributed by atoms with van der Waals surface area (Å²) in [6, 6.07) is -4.84. The van der Waals surface area contributed by atoms with Crippen molar-refractivity contribution < 1.29 is 112 Å². The highest BCUT2D eigenvalue weighted by molar-refractivity contribution is 7.98. The number of nitrogens with two attached hydrogens (primary N) is 2. The lowest BCUT2D eigenvalue weighted by Crippen LogP contribution is -2.62. The van der Waals surface area contributed by atoms with Crippen LogP contribution in [0.1, 0.15) is 172 Å². The molecule has 1 aromatic heterocycles. The maximum atomic E-state index is 15.1. The number of nitrogens with one attached hydrogen (secondary N) is 17.